The van der Waals surface area contributed by atoms with E-state index in [2.05, 4.69) is 224 Å². The highest BCUT2D eigenvalue weighted by Gasteiger charge is 2.45. The maximum absolute atomic E-state index is 12.3. The molecule has 0 bridgehead atoms. The Morgan fingerprint density at radius 3 is 1.12 bits per heavy atom. The van der Waals surface area contributed by atoms with Crippen LogP contribution in [0.4, 0.5) is 0 Å². The second-order valence-electron chi connectivity index (χ2n) is 15.9. The molecule has 10 aromatic carbocycles. The Balaban J connectivity index is 0.000000138. The van der Waals surface area contributed by atoms with Crippen molar-refractivity contribution in [3.63, 3.8) is 0 Å². The summed E-state index contributed by atoms with van der Waals surface area (Å²) in [6.45, 7) is 0. The highest BCUT2D eigenvalue weighted by molar-refractivity contribution is 9.11. The third kappa shape index (κ3) is 9.50. The van der Waals surface area contributed by atoms with Gasteiger partial charge in [0, 0.05) is 24.5 Å². The number of benzene rings is 10. The van der Waals surface area contributed by atoms with Crippen molar-refractivity contribution < 1.29 is 4.79 Å². The van der Waals surface area contributed by atoms with Crippen molar-refractivity contribution in [3.05, 3.63) is 308 Å². The zero-order valence-corrected chi connectivity index (χ0v) is 40.6. The lowest BCUT2D eigenvalue weighted by molar-refractivity contribution is 0.103. The molecular formula is C62H43Br3O. The van der Waals surface area contributed by atoms with Crippen LogP contribution in [0, 0.1) is 0 Å². The van der Waals surface area contributed by atoms with Gasteiger partial charge in [-0.2, -0.15) is 0 Å². The van der Waals surface area contributed by atoms with Crippen LogP contribution in [0.15, 0.2) is 274 Å². The van der Waals surface area contributed by atoms with E-state index in [-0.39, 0.29) is 11.2 Å². The molecule has 0 saturated heterocycles. The van der Waals surface area contributed by atoms with Gasteiger partial charge in [-0.15, -0.1) is 0 Å². The summed E-state index contributed by atoms with van der Waals surface area (Å²) in [7, 11) is 0. The highest BCUT2D eigenvalue weighted by atomic mass is 79.9. The predicted octanol–water partition coefficient (Wildman–Crippen LogP) is 17.9. The Morgan fingerprint density at radius 1 is 0.288 bits per heavy atom. The Hall–Kier alpha value is -6.69. The third-order valence-corrected chi connectivity index (χ3v) is 13.7. The molecule has 0 radical (unpaired) electrons. The van der Waals surface area contributed by atoms with E-state index < -0.39 is 0 Å². The zero-order valence-electron chi connectivity index (χ0n) is 35.9. The quantitative estimate of drug-likeness (QED) is 0.145. The van der Waals surface area contributed by atoms with Crippen molar-refractivity contribution in [3.8, 4) is 44.5 Å². The number of rotatable bonds is 7. The molecule has 0 aromatic heterocycles. The van der Waals surface area contributed by atoms with Crippen LogP contribution < -0.4 is 0 Å². The Bertz CT molecular complexity index is 3140. The molecule has 0 atom stereocenters. The largest absolute Gasteiger partial charge is 0.289 e. The van der Waals surface area contributed by atoms with E-state index in [4.69, 9.17) is 0 Å². The van der Waals surface area contributed by atoms with E-state index in [0.29, 0.717) is 11.1 Å². The highest BCUT2D eigenvalue weighted by Crippen LogP contribution is 2.56. The molecule has 11 rings (SSSR count). The Kier molecular flexibility index (Phi) is 13.9. The van der Waals surface area contributed by atoms with Crippen molar-refractivity contribution in [2.45, 2.75) is 5.41 Å². The average Bonchev–Trinajstić information content (AvgIpc) is 3.69. The fraction of sp³-hybridized carbons (Fsp3) is 0.0161. The number of hydrogen-bond acceptors (Lipinski definition) is 1. The molecule has 0 amide bonds. The molecule has 0 spiro atoms. The predicted molar refractivity (Wildman–Crippen MR) is 286 cm³/mol. The van der Waals surface area contributed by atoms with Gasteiger partial charge in [0.1, 0.15) is 0 Å². The van der Waals surface area contributed by atoms with E-state index in [1.165, 1.54) is 55.6 Å². The summed E-state index contributed by atoms with van der Waals surface area (Å²) >= 11 is 10.5. The van der Waals surface area contributed by atoms with Crippen molar-refractivity contribution in [1.29, 1.82) is 0 Å². The summed E-state index contributed by atoms with van der Waals surface area (Å²) in [5, 5.41) is 0. The van der Waals surface area contributed by atoms with Gasteiger partial charge in [0.25, 0.3) is 0 Å². The molecule has 1 aliphatic carbocycles. The maximum atomic E-state index is 12.3. The molecule has 4 heteroatoms. The number of ketones is 1. The van der Waals surface area contributed by atoms with Gasteiger partial charge in [0.2, 0.25) is 0 Å². The molecule has 1 aliphatic rings. The summed E-state index contributed by atoms with van der Waals surface area (Å²) in [4.78, 5) is 12.3. The van der Waals surface area contributed by atoms with Crippen LogP contribution in [-0.4, -0.2) is 5.78 Å². The van der Waals surface area contributed by atoms with Gasteiger partial charge in [0.05, 0.1) is 5.41 Å². The molecule has 0 unspecified atom stereocenters. The van der Waals surface area contributed by atoms with E-state index >= 15 is 0 Å². The van der Waals surface area contributed by atoms with Crippen LogP contribution in [-0.2, 0) is 5.41 Å². The van der Waals surface area contributed by atoms with Gasteiger partial charge in [-0.3, -0.25) is 4.79 Å². The summed E-state index contributed by atoms with van der Waals surface area (Å²) in [5.74, 6) is 0.0537. The van der Waals surface area contributed by atoms with E-state index in [1.807, 2.05) is 84.9 Å². The van der Waals surface area contributed by atoms with Crippen LogP contribution in [0.3, 0.4) is 0 Å². The minimum atomic E-state index is -0.327. The first kappa shape index (κ1) is 44.5. The minimum Gasteiger partial charge on any atom is -0.289 e. The second kappa shape index (κ2) is 20.6. The molecule has 0 aliphatic heterocycles. The monoisotopic (exact) mass is 1040 g/mol. The number of carbonyl (C=O) groups is 1. The third-order valence-electron chi connectivity index (χ3n) is 12.0. The smallest absolute Gasteiger partial charge is 0.193 e. The summed E-state index contributed by atoms with van der Waals surface area (Å²) in [6.07, 6.45) is 0. The van der Waals surface area contributed by atoms with Crippen LogP contribution in [0.2, 0.25) is 0 Å². The Morgan fingerprint density at radius 2 is 0.636 bits per heavy atom. The molecule has 0 heterocycles. The molecule has 66 heavy (non-hydrogen) atoms. The van der Waals surface area contributed by atoms with Gasteiger partial charge < -0.3 is 0 Å². The number of carbonyl (C=O) groups excluding carboxylic acids is 1. The van der Waals surface area contributed by atoms with Crippen LogP contribution in [0.5, 0.6) is 0 Å². The molecule has 1 nitrogen and oxygen atoms in total. The first-order chi connectivity index (χ1) is 32.4. The second-order valence-corrected chi connectivity index (χ2v) is 18.6. The molecule has 10 aromatic rings. The normalized spacial score (nSPS) is 11.7. The summed E-state index contributed by atoms with van der Waals surface area (Å²) in [5.41, 5.74) is 16.2. The van der Waals surface area contributed by atoms with Crippen molar-refractivity contribution in [2.24, 2.45) is 0 Å². The van der Waals surface area contributed by atoms with E-state index in [0.717, 1.165) is 24.5 Å². The topological polar surface area (TPSA) is 17.1 Å². The number of fused-ring (bicyclic) bond motifs is 3. The fourth-order valence-corrected chi connectivity index (χ4v) is 9.83. The first-order valence-corrected chi connectivity index (χ1v) is 24.1. The van der Waals surface area contributed by atoms with Crippen molar-refractivity contribution in [1.82, 2.24) is 0 Å². The van der Waals surface area contributed by atoms with E-state index in [1.54, 1.807) is 0 Å². The number of hydrogen-bond donors (Lipinski definition) is 0. The van der Waals surface area contributed by atoms with E-state index in [9.17, 15) is 4.79 Å². The van der Waals surface area contributed by atoms with Crippen LogP contribution >= 0.6 is 47.8 Å². The molecule has 0 fully saturated rings. The fourth-order valence-electron chi connectivity index (χ4n) is 8.79. The van der Waals surface area contributed by atoms with Gasteiger partial charge in [0.15, 0.2) is 5.78 Å². The molecule has 0 saturated carbocycles. The molecular weight excluding hydrogens is 1000 g/mol. The van der Waals surface area contributed by atoms with Crippen LogP contribution in [0.1, 0.15) is 38.2 Å². The lowest BCUT2D eigenvalue weighted by Crippen LogP contribution is -2.28. The zero-order chi connectivity index (χ0) is 45.3. The lowest BCUT2D eigenvalue weighted by Gasteiger charge is -2.34. The van der Waals surface area contributed by atoms with Gasteiger partial charge in [-0.1, -0.05) is 278 Å². The van der Waals surface area contributed by atoms with Crippen LogP contribution in [0.25, 0.3) is 44.5 Å². The summed E-state index contributed by atoms with van der Waals surface area (Å²) in [6, 6.07) is 90.1. The van der Waals surface area contributed by atoms with Gasteiger partial charge >= 0.3 is 0 Å². The Labute approximate surface area is 412 Å². The average molecular weight is 1040 g/mol. The molecule has 318 valence electrons. The van der Waals surface area contributed by atoms with Crippen molar-refractivity contribution >= 4 is 53.6 Å². The molecule has 0 N–H and O–H groups in total. The number of halogens is 3. The SMILES string of the molecule is Brc1ccc(-c2ccc(C3(c4ccccc4)c4ccccc4-c4ccccc43)cc2)cc1.Brc1ccccc1-c1ccccc1.O=C(c1ccccc1)c1ccc(-c2ccc(Br)cc2)cc1. The van der Waals surface area contributed by atoms with Gasteiger partial charge in [-0.05, 0) is 97.1 Å². The lowest BCUT2D eigenvalue weighted by atomic mass is 9.67. The maximum Gasteiger partial charge on any atom is 0.193 e. The first-order valence-electron chi connectivity index (χ1n) is 21.8. The minimum absolute atomic E-state index is 0.0537. The van der Waals surface area contributed by atoms with Crippen molar-refractivity contribution in [2.75, 3.05) is 0 Å². The summed E-state index contributed by atoms with van der Waals surface area (Å²) < 4.78 is 3.29. The standard InChI is InChI=1S/C31H21Br.C19H13BrO.C12H9Br/c32-26-20-16-23(17-21-26)22-14-18-25(19-15-22)31(24-8-2-1-3-9-24)29-12-6-4-10-27(29)28-11-5-7-13-30(28)31;20-18-12-10-15(11-13-18)14-6-8-17(9-7-14)19(21)16-4-2-1-3-5-16;13-12-9-5-4-8-11(12)10-6-2-1-3-7-10/h1-21H;1-13H;1-9H. The van der Waals surface area contributed by atoms with Gasteiger partial charge in [-0.25, -0.2) is 0 Å².